The van der Waals surface area contributed by atoms with Gasteiger partial charge in [-0.3, -0.25) is 0 Å². The third kappa shape index (κ3) is 7.02. The normalized spacial score (nSPS) is 12.6. The van der Waals surface area contributed by atoms with Crippen molar-refractivity contribution in [3.63, 3.8) is 0 Å². The van der Waals surface area contributed by atoms with Crippen molar-refractivity contribution in [3.8, 4) is 5.75 Å². The first-order valence-corrected chi connectivity index (χ1v) is 7.06. The Morgan fingerprint density at radius 2 is 1.84 bits per heavy atom. The van der Waals surface area contributed by atoms with Crippen molar-refractivity contribution < 1.29 is 4.74 Å². The standard InChI is InChI=1S/C17H27NO/c1-6-11-19-16-9-7-15(8-10-16)12-14(2)13-18-17(3,4)5/h7-10,12,18H,6,11,13H2,1-5H3. The van der Waals surface area contributed by atoms with Crippen LogP contribution in [0.25, 0.3) is 6.08 Å². The molecule has 1 aromatic carbocycles. The van der Waals surface area contributed by atoms with Gasteiger partial charge in [0.05, 0.1) is 6.61 Å². The van der Waals surface area contributed by atoms with Crippen LogP contribution >= 0.6 is 0 Å². The van der Waals surface area contributed by atoms with Crippen LogP contribution in [0.2, 0.25) is 0 Å². The van der Waals surface area contributed by atoms with E-state index in [9.17, 15) is 0 Å². The molecule has 2 heteroatoms. The molecule has 0 amide bonds. The highest BCUT2D eigenvalue weighted by Crippen LogP contribution is 2.15. The molecule has 0 unspecified atom stereocenters. The maximum atomic E-state index is 5.57. The zero-order valence-electron chi connectivity index (χ0n) is 12.9. The lowest BCUT2D eigenvalue weighted by atomic mass is 10.1. The van der Waals surface area contributed by atoms with Crippen LogP contribution in [0.4, 0.5) is 0 Å². The van der Waals surface area contributed by atoms with Gasteiger partial charge in [0.1, 0.15) is 5.75 Å². The maximum absolute atomic E-state index is 5.57. The summed E-state index contributed by atoms with van der Waals surface area (Å²) in [5.41, 5.74) is 2.71. The predicted octanol–water partition coefficient (Wildman–Crippen LogP) is 4.27. The topological polar surface area (TPSA) is 21.3 Å². The molecule has 1 N–H and O–H groups in total. The number of ether oxygens (including phenoxy) is 1. The minimum absolute atomic E-state index is 0.160. The Balaban J connectivity index is 2.55. The summed E-state index contributed by atoms with van der Waals surface area (Å²) in [6.45, 7) is 12.5. The van der Waals surface area contributed by atoms with Gasteiger partial charge in [0.25, 0.3) is 0 Å². The minimum Gasteiger partial charge on any atom is -0.494 e. The lowest BCUT2D eigenvalue weighted by Gasteiger charge is -2.20. The zero-order valence-corrected chi connectivity index (χ0v) is 12.9. The second-order valence-electron chi connectivity index (χ2n) is 6.01. The predicted molar refractivity (Wildman–Crippen MR) is 83.6 cm³/mol. The molecule has 0 bridgehead atoms. The van der Waals surface area contributed by atoms with Gasteiger partial charge in [-0.15, -0.1) is 0 Å². The van der Waals surface area contributed by atoms with Gasteiger partial charge in [0.15, 0.2) is 0 Å². The van der Waals surface area contributed by atoms with E-state index < -0.39 is 0 Å². The molecule has 0 atom stereocenters. The van der Waals surface area contributed by atoms with Gasteiger partial charge in [-0.25, -0.2) is 0 Å². The van der Waals surface area contributed by atoms with Crippen molar-refractivity contribution in [2.24, 2.45) is 0 Å². The summed E-state index contributed by atoms with van der Waals surface area (Å²) in [4.78, 5) is 0. The SMILES string of the molecule is CCCOc1ccc(C=C(C)CNC(C)(C)C)cc1. The molecule has 0 radical (unpaired) electrons. The van der Waals surface area contributed by atoms with Gasteiger partial charge >= 0.3 is 0 Å². The van der Waals surface area contributed by atoms with Crippen LogP contribution in [0.5, 0.6) is 5.75 Å². The monoisotopic (exact) mass is 261 g/mol. The fourth-order valence-electron chi connectivity index (χ4n) is 1.62. The molecular weight excluding hydrogens is 234 g/mol. The van der Waals surface area contributed by atoms with Crippen LogP contribution in [0.3, 0.4) is 0 Å². The van der Waals surface area contributed by atoms with Crippen molar-refractivity contribution >= 4 is 6.08 Å². The molecule has 0 heterocycles. The highest BCUT2D eigenvalue weighted by Gasteiger charge is 2.07. The van der Waals surface area contributed by atoms with Gasteiger partial charge in [-0.2, -0.15) is 0 Å². The summed E-state index contributed by atoms with van der Waals surface area (Å²) in [5.74, 6) is 0.949. The number of hydrogen-bond donors (Lipinski definition) is 1. The van der Waals surface area contributed by atoms with Gasteiger partial charge in [0, 0.05) is 12.1 Å². The quantitative estimate of drug-likeness (QED) is 0.826. The van der Waals surface area contributed by atoms with Crippen molar-refractivity contribution in [2.45, 2.75) is 46.6 Å². The van der Waals surface area contributed by atoms with Gasteiger partial charge < -0.3 is 10.1 Å². The van der Waals surface area contributed by atoms with E-state index in [1.807, 2.05) is 12.1 Å². The van der Waals surface area contributed by atoms with Gasteiger partial charge in [0.2, 0.25) is 0 Å². The summed E-state index contributed by atoms with van der Waals surface area (Å²) < 4.78 is 5.57. The molecule has 19 heavy (non-hydrogen) atoms. The molecule has 2 nitrogen and oxygen atoms in total. The van der Waals surface area contributed by atoms with Crippen molar-refractivity contribution in [3.05, 3.63) is 35.4 Å². The van der Waals surface area contributed by atoms with Gasteiger partial charge in [-0.05, 0) is 51.8 Å². The van der Waals surface area contributed by atoms with E-state index in [1.54, 1.807) is 0 Å². The van der Waals surface area contributed by atoms with E-state index in [4.69, 9.17) is 4.74 Å². The first kappa shape index (κ1) is 15.8. The molecule has 0 aliphatic carbocycles. The Hall–Kier alpha value is -1.28. The third-order valence-corrected chi connectivity index (χ3v) is 2.66. The first-order chi connectivity index (χ1) is 8.90. The van der Waals surface area contributed by atoms with E-state index in [0.29, 0.717) is 0 Å². The summed E-state index contributed by atoms with van der Waals surface area (Å²) in [5, 5.41) is 3.49. The Morgan fingerprint density at radius 1 is 1.21 bits per heavy atom. The summed E-state index contributed by atoms with van der Waals surface area (Å²) in [6, 6.07) is 8.27. The van der Waals surface area contributed by atoms with Crippen molar-refractivity contribution in [2.75, 3.05) is 13.2 Å². The lowest BCUT2D eigenvalue weighted by molar-refractivity contribution is 0.317. The maximum Gasteiger partial charge on any atom is 0.119 e. The lowest BCUT2D eigenvalue weighted by Crippen LogP contribution is -2.36. The van der Waals surface area contributed by atoms with Crippen LogP contribution in [0.15, 0.2) is 29.8 Å². The molecule has 0 saturated carbocycles. The minimum atomic E-state index is 0.160. The molecule has 0 aliphatic heterocycles. The van der Waals surface area contributed by atoms with E-state index in [0.717, 1.165) is 25.3 Å². The average Bonchev–Trinajstić information content (AvgIpc) is 2.35. The first-order valence-electron chi connectivity index (χ1n) is 7.06. The summed E-state index contributed by atoms with van der Waals surface area (Å²) in [6.07, 6.45) is 3.25. The second kappa shape index (κ2) is 7.34. The Kier molecular flexibility index (Phi) is 6.10. The van der Waals surface area contributed by atoms with Crippen LogP contribution in [-0.4, -0.2) is 18.7 Å². The number of benzene rings is 1. The summed E-state index contributed by atoms with van der Waals surface area (Å²) in [7, 11) is 0. The number of nitrogens with one attached hydrogen (secondary N) is 1. The highest BCUT2D eigenvalue weighted by molar-refractivity contribution is 5.53. The number of rotatable bonds is 6. The third-order valence-electron chi connectivity index (χ3n) is 2.66. The highest BCUT2D eigenvalue weighted by atomic mass is 16.5. The van der Waals surface area contributed by atoms with E-state index >= 15 is 0 Å². The van der Waals surface area contributed by atoms with Crippen LogP contribution < -0.4 is 10.1 Å². The fraction of sp³-hybridized carbons (Fsp3) is 0.529. The van der Waals surface area contributed by atoms with Crippen molar-refractivity contribution in [1.29, 1.82) is 0 Å². The Bertz CT molecular complexity index is 398. The fourth-order valence-corrected chi connectivity index (χ4v) is 1.62. The van der Waals surface area contributed by atoms with Crippen LogP contribution in [-0.2, 0) is 0 Å². The second-order valence-corrected chi connectivity index (χ2v) is 6.01. The van der Waals surface area contributed by atoms with E-state index in [2.05, 4.69) is 58.1 Å². The van der Waals surface area contributed by atoms with E-state index in [-0.39, 0.29) is 5.54 Å². The summed E-state index contributed by atoms with van der Waals surface area (Å²) >= 11 is 0. The van der Waals surface area contributed by atoms with Crippen LogP contribution in [0.1, 0.15) is 46.6 Å². The zero-order chi connectivity index (χ0) is 14.3. The molecule has 0 saturated heterocycles. The molecule has 1 aromatic rings. The molecule has 0 spiro atoms. The molecular formula is C17H27NO. The van der Waals surface area contributed by atoms with Gasteiger partial charge in [-0.1, -0.05) is 30.7 Å². The Morgan fingerprint density at radius 3 is 2.37 bits per heavy atom. The van der Waals surface area contributed by atoms with Crippen molar-refractivity contribution in [1.82, 2.24) is 5.32 Å². The molecule has 1 rings (SSSR count). The average molecular weight is 261 g/mol. The number of hydrogen-bond acceptors (Lipinski definition) is 2. The molecule has 0 aromatic heterocycles. The Labute approximate surface area is 117 Å². The molecule has 0 aliphatic rings. The molecule has 0 fully saturated rings. The smallest absolute Gasteiger partial charge is 0.119 e. The van der Waals surface area contributed by atoms with Crippen LogP contribution in [0, 0.1) is 0 Å². The largest absolute Gasteiger partial charge is 0.494 e. The molecule has 106 valence electrons. The van der Waals surface area contributed by atoms with E-state index in [1.165, 1.54) is 11.1 Å².